The summed E-state index contributed by atoms with van der Waals surface area (Å²) in [6.07, 6.45) is 1.90. The van der Waals surface area contributed by atoms with E-state index in [0.29, 0.717) is 43.6 Å². The number of amides is 2. The van der Waals surface area contributed by atoms with Gasteiger partial charge in [-0.3, -0.25) is 9.59 Å². The summed E-state index contributed by atoms with van der Waals surface area (Å²) in [5, 5.41) is 0.544. The molecule has 6 heteroatoms. The minimum absolute atomic E-state index is 0.111. The minimum Gasteiger partial charge on any atom is -0.459 e. The topological polar surface area (TPSA) is 53.8 Å². The molecule has 1 aromatic carbocycles. The van der Waals surface area contributed by atoms with Crippen molar-refractivity contribution in [3.8, 4) is 0 Å². The Morgan fingerprint density at radius 2 is 1.69 bits per heavy atom. The van der Waals surface area contributed by atoms with Crippen LogP contribution in [0.1, 0.15) is 30.0 Å². The maximum Gasteiger partial charge on any atom is 0.289 e. The van der Waals surface area contributed by atoms with E-state index in [4.69, 9.17) is 4.42 Å². The molecule has 5 nitrogen and oxygen atoms in total. The number of benzene rings is 1. The van der Waals surface area contributed by atoms with Crippen LogP contribution < -0.4 is 0 Å². The standard InChI is InChI=1S/C20H24N2O3S/c1-15(2)26-17-7-5-16(6-8-17)14-19(23)21-9-11-22(12-10-21)20(24)18-4-3-13-25-18/h3-8,13,15H,9-12,14H2,1-2H3. The summed E-state index contributed by atoms with van der Waals surface area (Å²) < 4.78 is 5.16. The van der Waals surface area contributed by atoms with Crippen LogP contribution in [-0.2, 0) is 11.2 Å². The number of hydrogen-bond donors (Lipinski definition) is 0. The molecule has 1 aromatic heterocycles. The smallest absolute Gasteiger partial charge is 0.289 e. The lowest BCUT2D eigenvalue weighted by atomic mass is 10.1. The highest BCUT2D eigenvalue weighted by atomic mass is 32.2. The predicted molar refractivity (Wildman–Crippen MR) is 102 cm³/mol. The van der Waals surface area contributed by atoms with Gasteiger partial charge in [-0.05, 0) is 29.8 Å². The first-order chi connectivity index (χ1) is 12.5. The van der Waals surface area contributed by atoms with Crippen molar-refractivity contribution in [1.29, 1.82) is 0 Å². The van der Waals surface area contributed by atoms with Crippen molar-refractivity contribution in [2.75, 3.05) is 26.2 Å². The zero-order valence-corrected chi connectivity index (χ0v) is 16.0. The van der Waals surface area contributed by atoms with Crippen molar-refractivity contribution < 1.29 is 14.0 Å². The van der Waals surface area contributed by atoms with Crippen molar-refractivity contribution in [3.05, 3.63) is 54.0 Å². The first kappa shape index (κ1) is 18.6. The minimum atomic E-state index is -0.111. The molecule has 1 saturated heterocycles. The lowest BCUT2D eigenvalue weighted by Crippen LogP contribution is -2.50. The first-order valence-corrected chi connectivity index (χ1v) is 9.77. The van der Waals surface area contributed by atoms with Gasteiger partial charge in [0, 0.05) is 36.3 Å². The largest absolute Gasteiger partial charge is 0.459 e. The molecule has 1 fully saturated rings. The van der Waals surface area contributed by atoms with E-state index in [1.54, 1.807) is 17.0 Å². The molecule has 0 aliphatic carbocycles. The van der Waals surface area contributed by atoms with E-state index >= 15 is 0 Å². The fourth-order valence-corrected chi connectivity index (χ4v) is 3.80. The Balaban J connectivity index is 1.50. The van der Waals surface area contributed by atoms with Gasteiger partial charge in [-0.15, -0.1) is 11.8 Å². The third kappa shape index (κ3) is 4.69. The zero-order chi connectivity index (χ0) is 18.5. The van der Waals surface area contributed by atoms with E-state index in [0.717, 1.165) is 5.56 Å². The van der Waals surface area contributed by atoms with Crippen LogP contribution in [0.5, 0.6) is 0 Å². The molecule has 0 bridgehead atoms. The van der Waals surface area contributed by atoms with E-state index < -0.39 is 0 Å². The number of carbonyl (C=O) groups is 2. The molecule has 1 aliphatic rings. The van der Waals surface area contributed by atoms with E-state index in [1.165, 1.54) is 11.2 Å². The third-order valence-corrected chi connectivity index (χ3v) is 5.32. The molecule has 138 valence electrons. The number of rotatable bonds is 5. The molecule has 0 unspecified atom stereocenters. The highest BCUT2D eigenvalue weighted by Gasteiger charge is 2.25. The molecule has 1 aliphatic heterocycles. The molecule has 0 spiro atoms. The molecule has 0 radical (unpaired) electrons. The molecule has 26 heavy (non-hydrogen) atoms. The summed E-state index contributed by atoms with van der Waals surface area (Å²) in [4.78, 5) is 29.6. The molecule has 0 saturated carbocycles. The normalized spacial score (nSPS) is 14.7. The van der Waals surface area contributed by atoms with E-state index in [-0.39, 0.29) is 11.8 Å². The lowest BCUT2D eigenvalue weighted by molar-refractivity contribution is -0.131. The van der Waals surface area contributed by atoms with Gasteiger partial charge in [-0.25, -0.2) is 0 Å². The Morgan fingerprint density at radius 1 is 1.04 bits per heavy atom. The molecular weight excluding hydrogens is 348 g/mol. The Bertz CT molecular complexity index is 733. The molecule has 0 N–H and O–H groups in total. The van der Waals surface area contributed by atoms with Crippen molar-refractivity contribution in [3.63, 3.8) is 0 Å². The Morgan fingerprint density at radius 3 is 2.27 bits per heavy atom. The number of thioether (sulfide) groups is 1. The first-order valence-electron chi connectivity index (χ1n) is 8.89. The second kappa shape index (κ2) is 8.45. The summed E-state index contributed by atoms with van der Waals surface area (Å²) in [7, 11) is 0. The molecule has 2 amide bonds. The van der Waals surface area contributed by atoms with Crippen LogP contribution in [0.4, 0.5) is 0 Å². The van der Waals surface area contributed by atoms with Gasteiger partial charge < -0.3 is 14.2 Å². The number of furan rings is 1. The second-order valence-corrected chi connectivity index (χ2v) is 8.29. The van der Waals surface area contributed by atoms with E-state index in [9.17, 15) is 9.59 Å². The highest BCUT2D eigenvalue weighted by Crippen LogP contribution is 2.23. The average Bonchev–Trinajstić information content (AvgIpc) is 3.17. The van der Waals surface area contributed by atoms with Crippen LogP contribution in [-0.4, -0.2) is 53.0 Å². The third-order valence-electron chi connectivity index (χ3n) is 4.30. The predicted octanol–water partition coefficient (Wildman–Crippen LogP) is 3.31. The van der Waals surface area contributed by atoms with Crippen LogP contribution >= 0.6 is 11.8 Å². The number of carbonyl (C=O) groups excluding carboxylic acids is 2. The SMILES string of the molecule is CC(C)Sc1ccc(CC(=O)N2CCN(C(=O)c3ccco3)CC2)cc1. The summed E-state index contributed by atoms with van der Waals surface area (Å²) >= 11 is 1.82. The molecule has 0 atom stereocenters. The monoisotopic (exact) mass is 372 g/mol. The number of nitrogens with zero attached hydrogens (tertiary/aromatic N) is 2. The maximum atomic E-state index is 12.5. The molecule has 3 rings (SSSR count). The van der Waals surface area contributed by atoms with Crippen LogP contribution in [0.2, 0.25) is 0 Å². The molecular formula is C20H24N2O3S. The van der Waals surface area contributed by atoms with Crippen LogP contribution in [0.3, 0.4) is 0 Å². The lowest BCUT2D eigenvalue weighted by Gasteiger charge is -2.34. The zero-order valence-electron chi connectivity index (χ0n) is 15.2. The number of hydrogen-bond acceptors (Lipinski definition) is 4. The number of piperazine rings is 1. The van der Waals surface area contributed by atoms with Crippen LogP contribution in [0.25, 0.3) is 0 Å². The van der Waals surface area contributed by atoms with Gasteiger partial charge in [0.25, 0.3) is 5.91 Å². The van der Waals surface area contributed by atoms with Gasteiger partial charge in [0.05, 0.1) is 12.7 Å². The fraction of sp³-hybridized carbons (Fsp3) is 0.400. The Hall–Kier alpha value is -2.21. The average molecular weight is 372 g/mol. The van der Waals surface area contributed by atoms with Crippen LogP contribution in [0, 0.1) is 0 Å². The maximum absolute atomic E-state index is 12.5. The fourth-order valence-electron chi connectivity index (χ4n) is 2.96. The van der Waals surface area contributed by atoms with Gasteiger partial charge in [-0.2, -0.15) is 0 Å². The Labute approximate surface area is 158 Å². The Kier molecular flexibility index (Phi) is 6.04. The highest BCUT2D eigenvalue weighted by molar-refractivity contribution is 7.99. The molecule has 2 aromatic rings. The van der Waals surface area contributed by atoms with Gasteiger partial charge >= 0.3 is 0 Å². The van der Waals surface area contributed by atoms with Crippen molar-refractivity contribution in [1.82, 2.24) is 9.80 Å². The van der Waals surface area contributed by atoms with Crippen molar-refractivity contribution in [2.45, 2.75) is 30.4 Å². The van der Waals surface area contributed by atoms with Gasteiger partial charge in [0.15, 0.2) is 5.76 Å². The summed E-state index contributed by atoms with van der Waals surface area (Å²) in [6.45, 7) is 6.53. The van der Waals surface area contributed by atoms with E-state index in [2.05, 4.69) is 26.0 Å². The quantitative estimate of drug-likeness (QED) is 0.756. The van der Waals surface area contributed by atoms with Crippen molar-refractivity contribution >= 4 is 23.6 Å². The van der Waals surface area contributed by atoms with E-state index in [1.807, 2.05) is 28.8 Å². The van der Waals surface area contributed by atoms with Gasteiger partial charge in [0.1, 0.15) is 0 Å². The van der Waals surface area contributed by atoms with Gasteiger partial charge in [-0.1, -0.05) is 26.0 Å². The summed E-state index contributed by atoms with van der Waals surface area (Å²) in [5.74, 6) is 0.351. The van der Waals surface area contributed by atoms with Crippen molar-refractivity contribution in [2.24, 2.45) is 0 Å². The second-order valence-electron chi connectivity index (χ2n) is 6.64. The molecule has 2 heterocycles. The van der Waals surface area contributed by atoms with Gasteiger partial charge in [0.2, 0.25) is 5.91 Å². The summed E-state index contributed by atoms with van der Waals surface area (Å²) in [6, 6.07) is 11.6. The van der Waals surface area contributed by atoms with Crippen LogP contribution in [0.15, 0.2) is 52.0 Å². The summed E-state index contributed by atoms with van der Waals surface area (Å²) in [5.41, 5.74) is 1.03.